The van der Waals surface area contributed by atoms with E-state index in [0.717, 1.165) is 0 Å². The molecular weight excluding hydrogens is 468 g/mol. The smallest absolute Gasteiger partial charge is 0.0853 e. The number of rotatable bonds is 14. The minimum Gasteiger partial charge on any atom is -0.127 e. The lowest BCUT2D eigenvalue weighted by atomic mass is 10.0. The van der Waals surface area contributed by atoms with E-state index in [-0.39, 0.29) is 0 Å². The normalized spacial score (nSPS) is 11.5. The summed E-state index contributed by atoms with van der Waals surface area (Å²) < 4.78 is 3.78. The SMILES string of the molecule is CCCCCCCCCCCCCCCc1ccc2c(Br)c(Br)sc2c1. The topological polar surface area (TPSA) is 0 Å². The maximum Gasteiger partial charge on any atom is 0.0853 e. The van der Waals surface area contributed by atoms with Gasteiger partial charge in [-0.25, -0.2) is 0 Å². The summed E-state index contributed by atoms with van der Waals surface area (Å²) in [5.41, 5.74) is 1.49. The zero-order chi connectivity index (χ0) is 18.6. The van der Waals surface area contributed by atoms with Gasteiger partial charge in [-0.15, -0.1) is 11.3 Å². The number of fused-ring (bicyclic) bond motifs is 1. The molecule has 2 rings (SSSR count). The first-order chi connectivity index (χ1) is 12.7. The van der Waals surface area contributed by atoms with Crippen LogP contribution in [0.15, 0.2) is 26.5 Å². The molecule has 0 unspecified atom stereocenters. The van der Waals surface area contributed by atoms with Gasteiger partial charge in [-0.3, -0.25) is 0 Å². The largest absolute Gasteiger partial charge is 0.127 e. The predicted octanol–water partition coefficient (Wildman–Crippen LogP) is 10.1. The molecule has 0 aliphatic carbocycles. The first-order valence-corrected chi connectivity index (χ1v) is 13.0. The highest BCUT2D eigenvalue weighted by molar-refractivity contribution is 9.13. The zero-order valence-electron chi connectivity index (χ0n) is 16.3. The number of hydrogen-bond acceptors (Lipinski definition) is 1. The van der Waals surface area contributed by atoms with Gasteiger partial charge in [-0.2, -0.15) is 0 Å². The lowest BCUT2D eigenvalue weighted by Gasteiger charge is -2.04. The first-order valence-electron chi connectivity index (χ1n) is 10.6. The molecular formula is C23H34Br2S. The molecule has 0 nitrogen and oxygen atoms in total. The molecule has 3 heteroatoms. The van der Waals surface area contributed by atoms with Crippen LogP contribution in [0.2, 0.25) is 0 Å². The molecule has 0 aliphatic heterocycles. The Morgan fingerprint density at radius 2 is 1.27 bits per heavy atom. The van der Waals surface area contributed by atoms with Gasteiger partial charge >= 0.3 is 0 Å². The van der Waals surface area contributed by atoms with E-state index < -0.39 is 0 Å². The van der Waals surface area contributed by atoms with Gasteiger partial charge in [0.05, 0.1) is 8.26 Å². The molecule has 0 radical (unpaired) electrons. The van der Waals surface area contributed by atoms with Gasteiger partial charge in [0.25, 0.3) is 0 Å². The highest BCUT2D eigenvalue weighted by atomic mass is 79.9. The Hall–Kier alpha value is 0.140. The first kappa shape index (κ1) is 22.4. The fourth-order valence-electron chi connectivity index (χ4n) is 3.58. The number of benzene rings is 1. The summed E-state index contributed by atoms with van der Waals surface area (Å²) >= 11 is 9.10. The van der Waals surface area contributed by atoms with Gasteiger partial charge < -0.3 is 0 Å². The molecule has 2 aromatic rings. The van der Waals surface area contributed by atoms with E-state index in [9.17, 15) is 0 Å². The van der Waals surface area contributed by atoms with Gasteiger partial charge in [0.15, 0.2) is 0 Å². The van der Waals surface area contributed by atoms with Crippen molar-refractivity contribution in [2.24, 2.45) is 0 Å². The summed E-state index contributed by atoms with van der Waals surface area (Å²) in [7, 11) is 0. The van der Waals surface area contributed by atoms with Crippen LogP contribution in [-0.2, 0) is 6.42 Å². The summed E-state index contributed by atoms with van der Waals surface area (Å²) in [5.74, 6) is 0. The molecule has 146 valence electrons. The minimum atomic E-state index is 1.20. The van der Waals surface area contributed by atoms with Crippen LogP contribution in [0.25, 0.3) is 10.1 Å². The van der Waals surface area contributed by atoms with E-state index in [1.807, 2.05) is 11.3 Å². The van der Waals surface area contributed by atoms with E-state index in [2.05, 4.69) is 57.0 Å². The quantitative estimate of drug-likeness (QED) is 0.226. The summed E-state index contributed by atoms with van der Waals surface area (Å²) in [6.45, 7) is 2.29. The Morgan fingerprint density at radius 3 is 1.85 bits per heavy atom. The summed E-state index contributed by atoms with van der Waals surface area (Å²) in [4.78, 5) is 0. The molecule has 0 aliphatic rings. The van der Waals surface area contributed by atoms with Crippen LogP contribution in [0, 0.1) is 0 Å². The third-order valence-corrected chi connectivity index (χ3v) is 8.66. The Bertz CT molecular complexity index is 632. The van der Waals surface area contributed by atoms with Crippen molar-refractivity contribution in [2.75, 3.05) is 0 Å². The van der Waals surface area contributed by atoms with Gasteiger partial charge in [0.1, 0.15) is 0 Å². The summed E-state index contributed by atoms with van der Waals surface area (Å²) in [6, 6.07) is 6.93. The average molecular weight is 502 g/mol. The predicted molar refractivity (Wildman–Crippen MR) is 127 cm³/mol. The number of hydrogen-bond donors (Lipinski definition) is 0. The van der Waals surface area contributed by atoms with E-state index in [1.165, 1.54) is 114 Å². The fourth-order valence-corrected chi connectivity index (χ4v) is 5.92. The molecule has 0 saturated heterocycles. The Balaban J connectivity index is 1.47. The van der Waals surface area contributed by atoms with Crippen molar-refractivity contribution in [3.05, 3.63) is 32.0 Å². The van der Waals surface area contributed by atoms with E-state index >= 15 is 0 Å². The van der Waals surface area contributed by atoms with Crippen LogP contribution in [0.5, 0.6) is 0 Å². The molecule has 0 amide bonds. The van der Waals surface area contributed by atoms with E-state index in [0.29, 0.717) is 0 Å². The second kappa shape index (κ2) is 13.3. The highest BCUT2D eigenvalue weighted by Crippen LogP contribution is 2.39. The maximum absolute atomic E-state index is 3.66. The van der Waals surface area contributed by atoms with Gasteiger partial charge in [0.2, 0.25) is 0 Å². The van der Waals surface area contributed by atoms with Crippen molar-refractivity contribution < 1.29 is 0 Å². The van der Waals surface area contributed by atoms with Crippen molar-refractivity contribution >= 4 is 53.3 Å². The highest BCUT2D eigenvalue weighted by Gasteiger charge is 2.07. The van der Waals surface area contributed by atoms with Crippen molar-refractivity contribution in [3.63, 3.8) is 0 Å². The minimum absolute atomic E-state index is 1.20. The monoisotopic (exact) mass is 500 g/mol. The lowest BCUT2D eigenvalue weighted by Crippen LogP contribution is -1.86. The molecule has 0 bridgehead atoms. The summed E-state index contributed by atoms with van der Waals surface area (Å²) in [6.07, 6.45) is 19.7. The zero-order valence-corrected chi connectivity index (χ0v) is 20.3. The average Bonchev–Trinajstić information content (AvgIpc) is 2.92. The third kappa shape index (κ3) is 8.02. The van der Waals surface area contributed by atoms with Crippen LogP contribution in [0.1, 0.15) is 96.0 Å². The second-order valence-corrected chi connectivity index (χ2v) is 10.7. The number of unbranched alkanes of at least 4 members (excludes halogenated alkanes) is 12. The van der Waals surface area contributed by atoms with Crippen molar-refractivity contribution in [3.8, 4) is 0 Å². The van der Waals surface area contributed by atoms with Crippen LogP contribution in [0.3, 0.4) is 0 Å². The van der Waals surface area contributed by atoms with Crippen molar-refractivity contribution in [2.45, 2.75) is 96.8 Å². The fraction of sp³-hybridized carbons (Fsp3) is 0.652. The number of halogens is 2. The van der Waals surface area contributed by atoms with E-state index in [4.69, 9.17) is 0 Å². The Labute approximate surface area is 181 Å². The van der Waals surface area contributed by atoms with Crippen LogP contribution in [-0.4, -0.2) is 0 Å². The van der Waals surface area contributed by atoms with E-state index in [1.54, 1.807) is 0 Å². The third-order valence-electron chi connectivity index (χ3n) is 5.22. The molecule has 0 saturated carbocycles. The second-order valence-electron chi connectivity index (χ2n) is 7.51. The van der Waals surface area contributed by atoms with Gasteiger partial charge in [0, 0.05) is 10.1 Å². The molecule has 0 atom stereocenters. The van der Waals surface area contributed by atoms with Gasteiger partial charge in [-0.05, 0) is 56.3 Å². The Kier molecular flexibility index (Phi) is 11.5. The molecule has 1 aromatic heterocycles. The lowest BCUT2D eigenvalue weighted by molar-refractivity contribution is 0.539. The maximum atomic E-state index is 3.66. The summed E-state index contributed by atoms with van der Waals surface area (Å²) in [5, 5.41) is 1.33. The number of aryl methyl sites for hydroxylation is 1. The van der Waals surface area contributed by atoms with Gasteiger partial charge in [-0.1, -0.05) is 96.1 Å². The van der Waals surface area contributed by atoms with Crippen LogP contribution >= 0.6 is 43.2 Å². The van der Waals surface area contributed by atoms with Crippen LogP contribution in [0.4, 0.5) is 0 Å². The standard InChI is InChI=1S/C23H34Br2S/c1-2-3-4-5-6-7-8-9-10-11-12-13-14-15-19-16-17-20-21(18-19)26-23(25)22(20)24/h16-18H,2-15H2,1H3. The molecule has 0 fully saturated rings. The molecule has 26 heavy (non-hydrogen) atoms. The van der Waals surface area contributed by atoms with Crippen LogP contribution < -0.4 is 0 Å². The molecule has 0 spiro atoms. The van der Waals surface area contributed by atoms with Crippen molar-refractivity contribution in [1.82, 2.24) is 0 Å². The molecule has 1 aromatic carbocycles. The van der Waals surface area contributed by atoms with Crippen molar-refractivity contribution in [1.29, 1.82) is 0 Å². The Morgan fingerprint density at radius 1 is 0.731 bits per heavy atom. The molecule has 0 N–H and O–H groups in total. The molecule has 1 heterocycles. The number of thiophene rings is 1.